The van der Waals surface area contributed by atoms with Crippen LogP contribution in [0.1, 0.15) is 0 Å². The van der Waals surface area contributed by atoms with Gasteiger partial charge in [0, 0.05) is 53.3 Å². The van der Waals surface area contributed by atoms with E-state index in [0.29, 0.717) is 17.5 Å². The number of nitrogens with zero attached hydrogens (tertiary/aromatic N) is 4. The van der Waals surface area contributed by atoms with Crippen LogP contribution in [0.4, 0.5) is 0 Å². The van der Waals surface area contributed by atoms with E-state index in [4.69, 9.17) is 15.0 Å². The average Bonchev–Trinajstić information content (AvgIpc) is 3.82. The van der Waals surface area contributed by atoms with Crippen molar-refractivity contribution >= 4 is 53.3 Å². The molecule has 0 fully saturated rings. The molecule has 0 aliphatic carbocycles. The second-order valence-electron chi connectivity index (χ2n) is 14.1. The quantitative estimate of drug-likeness (QED) is 0.171. The summed E-state index contributed by atoms with van der Waals surface area (Å²) in [6.07, 6.45) is 0. The highest BCUT2D eigenvalue weighted by atomic mass is 32.1. The first-order valence-electron chi connectivity index (χ1n) is 18.8. The SMILES string of the molecule is c1ccc(-c2cccc(-c3nc(-c4ccc(-c5cccc(-n6c7ccccc7c7ccccc76)c5)cc4)nc(-c4ccc5c(c4)sc4ccccc45)n3)c2)cc1. The Hall–Kier alpha value is -7.21. The van der Waals surface area contributed by atoms with Crippen LogP contribution in [0.15, 0.2) is 194 Å². The van der Waals surface area contributed by atoms with Crippen molar-refractivity contribution in [1.82, 2.24) is 19.5 Å². The highest BCUT2D eigenvalue weighted by Crippen LogP contribution is 2.37. The molecule has 0 amide bonds. The van der Waals surface area contributed by atoms with Gasteiger partial charge in [0.05, 0.1) is 11.0 Å². The number of rotatable bonds is 6. The molecule has 11 aromatic rings. The van der Waals surface area contributed by atoms with Crippen LogP contribution in [-0.2, 0) is 0 Å². The van der Waals surface area contributed by atoms with E-state index in [0.717, 1.165) is 44.6 Å². The second kappa shape index (κ2) is 13.3. The predicted molar refractivity (Wildman–Crippen MR) is 234 cm³/mol. The number of para-hydroxylation sites is 2. The molecule has 3 aromatic heterocycles. The summed E-state index contributed by atoms with van der Waals surface area (Å²) in [5.41, 5.74) is 10.9. The van der Waals surface area contributed by atoms with E-state index in [1.165, 1.54) is 42.0 Å². The summed E-state index contributed by atoms with van der Waals surface area (Å²) < 4.78 is 4.85. The van der Waals surface area contributed by atoms with Crippen LogP contribution in [0.25, 0.3) is 104 Å². The second-order valence-corrected chi connectivity index (χ2v) is 15.1. The standard InChI is InChI=1S/C51H32N4S/c1-2-12-33(13-3-1)36-14-10-16-38(30-36)50-52-49(53-51(54-50)39-28-29-44-43-20-6-9-23-47(43)56-48(44)32-39)35-26-24-34(25-27-35)37-15-11-17-40(31-37)55-45-21-7-4-18-41(45)42-19-5-8-22-46(42)55/h1-32H. The zero-order valence-electron chi connectivity index (χ0n) is 30.2. The van der Waals surface area contributed by atoms with Gasteiger partial charge < -0.3 is 4.57 Å². The van der Waals surface area contributed by atoms with Gasteiger partial charge in [-0.15, -0.1) is 11.3 Å². The molecule has 8 aromatic carbocycles. The van der Waals surface area contributed by atoms with Gasteiger partial charge in [0.25, 0.3) is 0 Å². The molecule has 0 unspecified atom stereocenters. The Morgan fingerprint density at radius 1 is 0.304 bits per heavy atom. The van der Waals surface area contributed by atoms with Gasteiger partial charge in [-0.25, -0.2) is 15.0 Å². The normalized spacial score (nSPS) is 11.6. The van der Waals surface area contributed by atoms with E-state index >= 15 is 0 Å². The van der Waals surface area contributed by atoms with E-state index in [9.17, 15) is 0 Å². The van der Waals surface area contributed by atoms with E-state index in [1.807, 2.05) is 6.07 Å². The van der Waals surface area contributed by atoms with Gasteiger partial charge in [-0.05, 0) is 64.7 Å². The van der Waals surface area contributed by atoms with Crippen LogP contribution < -0.4 is 0 Å². The van der Waals surface area contributed by atoms with E-state index in [-0.39, 0.29) is 0 Å². The summed E-state index contributed by atoms with van der Waals surface area (Å²) in [7, 11) is 0. The molecule has 11 rings (SSSR count). The third kappa shape index (κ3) is 5.56. The van der Waals surface area contributed by atoms with Gasteiger partial charge >= 0.3 is 0 Å². The third-order valence-corrected chi connectivity index (χ3v) is 11.8. The average molecular weight is 733 g/mol. The first kappa shape index (κ1) is 32.2. The molecule has 262 valence electrons. The molecular weight excluding hydrogens is 701 g/mol. The molecule has 0 saturated carbocycles. The van der Waals surface area contributed by atoms with E-state index in [1.54, 1.807) is 11.3 Å². The Labute approximate surface area is 327 Å². The molecular formula is C51H32N4S. The van der Waals surface area contributed by atoms with E-state index < -0.39 is 0 Å². The van der Waals surface area contributed by atoms with Gasteiger partial charge in [-0.3, -0.25) is 0 Å². The fraction of sp³-hybridized carbons (Fsp3) is 0. The Balaban J connectivity index is 1.01. The van der Waals surface area contributed by atoms with Gasteiger partial charge in [-0.2, -0.15) is 0 Å². The minimum Gasteiger partial charge on any atom is -0.309 e. The molecule has 0 radical (unpaired) electrons. The van der Waals surface area contributed by atoms with Crippen molar-refractivity contribution in [2.75, 3.05) is 0 Å². The molecule has 5 heteroatoms. The largest absolute Gasteiger partial charge is 0.309 e. The lowest BCUT2D eigenvalue weighted by Crippen LogP contribution is -2.00. The molecule has 0 aliphatic heterocycles. The maximum absolute atomic E-state index is 5.13. The van der Waals surface area contributed by atoms with Gasteiger partial charge in [0.15, 0.2) is 17.5 Å². The lowest BCUT2D eigenvalue weighted by Gasteiger charge is -2.12. The summed E-state index contributed by atoms with van der Waals surface area (Å²) in [6, 6.07) is 68.6. The smallest absolute Gasteiger partial charge is 0.164 e. The summed E-state index contributed by atoms with van der Waals surface area (Å²) in [5.74, 6) is 1.93. The molecule has 0 spiro atoms. The van der Waals surface area contributed by atoms with Crippen molar-refractivity contribution in [3.8, 4) is 62.1 Å². The minimum absolute atomic E-state index is 0.636. The highest BCUT2D eigenvalue weighted by molar-refractivity contribution is 7.25. The summed E-state index contributed by atoms with van der Waals surface area (Å²) >= 11 is 1.80. The lowest BCUT2D eigenvalue weighted by atomic mass is 10.0. The molecule has 0 aliphatic rings. The Kier molecular flexibility index (Phi) is 7.64. The maximum Gasteiger partial charge on any atom is 0.164 e. The first-order chi connectivity index (χ1) is 27.7. The summed E-state index contributed by atoms with van der Waals surface area (Å²) in [5, 5.41) is 5.03. The molecule has 56 heavy (non-hydrogen) atoms. The number of thiophene rings is 1. The maximum atomic E-state index is 5.13. The van der Waals surface area contributed by atoms with Crippen molar-refractivity contribution in [3.63, 3.8) is 0 Å². The van der Waals surface area contributed by atoms with Crippen LogP contribution in [0.5, 0.6) is 0 Å². The Bertz CT molecular complexity index is 3200. The van der Waals surface area contributed by atoms with Crippen molar-refractivity contribution in [3.05, 3.63) is 194 Å². The Morgan fingerprint density at radius 2 is 0.786 bits per heavy atom. The number of hydrogen-bond donors (Lipinski definition) is 0. The van der Waals surface area contributed by atoms with Crippen molar-refractivity contribution in [2.24, 2.45) is 0 Å². The van der Waals surface area contributed by atoms with Crippen LogP contribution in [0, 0.1) is 0 Å². The van der Waals surface area contributed by atoms with Gasteiger partial charge in [-0.1, -0.05) is 152 Å². The van der Waals surface area contributed by atoms with Crippen LogP contribution in [0.3, 0.4) is 0 Å². The van der Waals surface area contributed by atoms with Crippen LogP contribution >= 0.6 is 11.3 Å². The fourth-order valence-corrected chi connectivity index (χ4v) is 9.08. The Morgan fingerprint density at radius 3 is 1.52 bits per heavy atom. The number of fused-ring (bicyclic) bond motifs is 6. The third-order valence-electron chi connectivity index (χ3n) is 10.7. The lowest BCUT2D eigenvalue weighted by molar-refractivity contribution is 1.07. The molecule has 0 bridgehead atoms. The molecule has 0 saturated heterocycles. The minimum atomic E-state index is 0.636. The van der Waals surface area contributed by atoms with Crippen molar-refractivity contribution in [2.45, 2.75) is 0 Å². The van der Waals surface area contributed by atoms with Gasteiger partial charge in [0.2, 0.25) is 0 Å². The van der Waals surface area contributed by atoms with Crippen LogP contribution in [-0.4, -0.2) is 19.5 Å². The molecule has 4 nitrogen and oxygen atoms in total. The number of aromatic nitrogens is 4. The summed E-state index contributed by atoms with van der Waals surface area (Å²) in [4.78, 5) is 15.4. The monoisotopic (exact) mass is 732 g/mol. The zero-order chi connectivity index (χ0) is 37.0. The molecule has 3 heterocycles. The zero-order valence-corrected chi connectivity index (χ0v) is 31.0. The molecule has 0 N–H and O–H groups in total. The van der Waals surface area contributed by atoms with Crippen molar-refractivity contribution < 1.29 is 0 Å². The number of hydrogen-bond acceptors (Lipinski definition) is 4. The summed E-state index contributed by atoms with van der Waals surface area (Å²) in [6.45, 7) is 0. The van der Waals surface area contributed by atoms with Gasteiger partial charge in [0.1, 0.15) is 0 Å². The highest BCUT2D eigenvalue weighted by Gasteiger charge is 2.16. The topological polar surface area (TPSA) is 43.6 Å². The first-order valence-corrected chi connectivity index (χ1v) is 19.6. The fourth-order valence-electron chi connectivity index (χ4n) is 7.93. The van der Waals surface area contributed by atoms with Crippen LogP contribution in [0.2, 0.25) is 0 Å². The number of benzene rings is 8. The van der Waals surface area contributed by atoms with E-state index in [2.05, 4.69) is 193 Å². The molecule has 0 atom stereocenters. The predicted octanol–water partition coefficient (Wildman–Crippen LogP) is 13.7. The van der Waals surface area contributed by atoms with Crippen molar-refractivity contribution in [1.29, 1.82) is 0 Å².